The minimum absolute atomic E-state index is 0.0341. The maximum atomic E-state index is 10.6. The molecule has 2 rings (SSSR count). The predicted octanol–water partition coefficient (Wildman–Crippen LogP) is 4.43. The zero-order chi connectivity index (χ0) is 16.8. The highest BCUT2D eigenvalue weighted by molar-refractivity contribution is 7.80. The van der Waals surface area contributed by atoms with E-state index in [-0.39, 0.29) is 5.69 Å². The van der Waals surface area contributed by atoms with Crippen LogP contribution in [0.5, 0.6) is 0 Å². The molecule has 0 saturated heterocycles. The average molecular weight is 370 g/mol. The summed E-state index contributed by atoms with van der Waals surface area (Å²) in [6, 6.07) is 11.4. The maximum absolute atomic E-state index is 10.6. The second-order valence-electron chi connectivity index (χ2n) is 4.67. The summed E-state index contributed by atoms with van der Waals surface area (Å²) in [6.45, 7) is 0.597. The minimum Gasteiger partial charge on any atom is -0.362 e. The zero-order valence-electron chi connectivity index (χ0n) is 11.9. The molecule has 0 heterocycles. The number of non-ortho nitro benzene ring substituents is 1. The number of hydrogen-bond acceptors (Lipinski definition) is 3. The highest BCUT2D eigenvalue weighted by Crippen LogP contribution is 2.21. The van der Waals surface area contributed by atoms with Crippen LogP contribution in [0.4, 0.5) is 11.4 Å². The molecule has 0 radical (unpaired) electrons. The third-order valence-corrected chi connectivity index (χ3v) is 3.86. The van der Waals surface area contributed by atoms with Crippen molar-refractivity contribution >= 4 is 51.9 Å². The topological polar surface area (TPSA) is 67.2 Å². The van der Waals surface area contributed by atoms with Crippen LogP contribution in [0.3, 0.4) is 0 Å². The van der Waals surface area contributed by atoms with Gasteiger partial charge >= 0.3 is 0 Å². The molecule has 23 heavy (non-hydrogen) atoms. The summed E-state index contributed by atoms with van der Waals surface area (Å²) < 4.78 is 0. The lowest BCUT2D eigenvalue weighted by molar-refractivity contribution is -0.384. The van der Waals surface area contributed by atoms with Gasteiger partial charge in [0.1, 0.15) is 0 Å². The number of halogens is 2. The lowest BCUT2D eigenvalue weighted by atomic mass is 10.1. The van der Waals surface area contributed by atoms with Gasteiger partial charge in [-0.15, -0.1) is 0 Å². The summed E-state index contributed by atoms with van der Waals surface area (Å²) in [5.74, 6) is 0. The molecule has 5 nitrogen and oxygen atoms in total. The van der Waals surface area contributed by atoms with Gasteiger partial charge in [-0.3, -0.25) is 10.1 Å². The fourth-order valence-corrected chi connectivity index (χ4v) is 2.60. The Labute approximate surface area is 148 Å². The van der Waals surface area contributed by atoms with Gasteiger partial charge in [-0.2, -0.15) is 0 Å². The first kappa shape index (κ1) is 17.5. The first-order valence-electron chi connectivity index (χ1n) is 6.69. The zero-order valence-corrected chi connectivity index (χ0v) is 14.2. The van der Waals surface area contributed by atoms with Gasteiger partial charge in [0, 0.05) is 34.4 Å². The highest BCUT2D eigenvalue weighted by atomic mass is 35.5. The predicted molar refractivity (Wildman–Crippen MR) is 97.5 cm³/mol. The fourth-order valence-electron chi connectivity index (χ4n) is 1.88. The van der Waals surface area contributed by atoms with Crippen LogP contribution in [0.2, 0.25) is 10.0 Å². The molecular weight excluding hydrogens is 357 g/mol. The molecule has 0 aliphatic heterocycles. The Morgan fingerprint density at radius 2 is 1.87 bits per heavy atom. The second-order valence-corrected chi connectivity index (χ2v) is 5.92. The Morgan fingerprint density at radius 1 is 1.17 bits per heavy atom. The first-order chi connectivity index (χ1) is 11.0. The molecule has 0 spiro atoms. The van der Waals surface area contributed by atoms with Gasteiger partial charge in [0.2, 0.25) is 0 Å². The van der Waals surface area contributed by atoms with Crippen LogP contribution in [-0.2, 0) is 6.42 Å². The largest absolute Gasteiger partial charge is 0.362 e. The van der Waals surface area contributed by atoms with Crippen molar-refractivity contribution in [2.24, 2.45) is 0 Å². The van der Waals surface area contributed by atoms with E-state index in [2.05, 4.69) is 10.6 Å². The molecule has 0 unspecified atom stereocenters. The first-order valence-corrected chi connectivity index (χ1v) is 7.85. The van der Waals surface area contributed by atoms with E-state index in [0.717, 1.165) is 5.56 Å². The summed E-state index contributed by atoms with van der Waals surface area (Å²) in [5.41, 5.74) is 1.69. The van der Waals surface area contributed by atoms with E-state index in [1.807, 2.05) is 6.07 Å². The van der Waals surface area contributed by atoms with E-state index in [0.29, 0.717) is 33.8 Å². The van der Waals surface area contributed by atoms with Crippen LogP contribution in [0.25, 0.3) is 0 Å². The number of rotatable bonds is 5. The van der Waals surface area contributed by atoms with Crippen LogP contribution in [0.1, 0.15) is 5.56 Å². The normalized spacial score (nSPS) is 10.2. The Balaban J connectivity index is 1.82. The summed E-state index contributed by atoms with van der Waals surface area (Å²) in [5, 5.41) is 18.3. The molecular formula is C15H13Cl2N3O2S. The summed E-state index contributed by atoms with van der Waals surface area (Å²) >= 11 is 17.1. The fraction of sp³-hybridized carbons (Fsp3) is 0.133. The molecule has 0 fully saturated rings. The average Bonchev–Trinajstić information content (AvgIpc) is 2.50. The molecule has 2 aromatic carbocycles. The number of anilines is 1. The number of hydrogen-bond donors (Lipinski definition) is 2. The van der Waals surface area contributed by atoms with Crippen molar-refractivity contribution < 1.29 is 4.92 Å². The van der Waals surface area contributed by atoms with Gasteiger partial charge in [-0.1, -0.05) is 29.3 Å². The molecule has 2 N–H and O–H groups in total. The monoisotopic (exact) mass is 369 g/mol. The minimum atomic E-state index is -0.448. The molecule has 8 heteroatoms. The van der Waals surface area contributed by atoms with E-state index in [9.17, 15) is 10.1 Å². The van der Waals surface area contributed by atoms with E-state index < -0.39 is 4.92 Å². The van der Waals surface area contributed by atoms with Crippen LogP contribution >= 0.6 is 35.4 Å². The van der Waals surface area contributed by atoms with Crippen molar-refractivity contribution in [3.05, 3.63) is 68.2 Å². The summed E-state index contributed by atoms with van der Waals surface area (Å²) in [4.78, 5) is 10.1. The van der Waals surface area contributed by atoms with E-state index in [1.54, 1.807) is 24.3 Å². The van der Waals surface area contributed by atoms with Crippen molar-refractivity contribution in [2.75, 3.05) is 11.9 Å². The van der Waals surface area contributed by atoms with E-state index in [4.69, 9.17) is 35.4 Å². The quantitative estimate of drug-likeness (QED) is 0.463. The summed E-state index contributed by atoms with van der Waals surface area (Å²) in [7, 11) is 0. The number of thiocarbonyl (C=S) groups is 1. The van der Waals surface area contributed by atoms with Crippen LogP contribution < -0.4 is 10.6 Å². The van der Waals surface area contributed by atoms with Crippen molar-refractivity contribution in [2.45, 2.75) is 6.42 Å². The summed E-state index contributed by atoms with van der Waals surface area (Å²) in [6.07, 6.45) is 0.693. The SMILES string of the molecule is O=[N+]([O-])c1ccc(NC(=S)NCCc2ccc(Cl)cc2Cl)cc1. The lowest BCUT2D eigenvalue weighted by Crippen LogP contribution is -2.30. The second kappa shape index (κ2) is 8.10. The molecule has 2 aromatic rings. The van der Waals surface area contributed by atoms with Gasteiger partial charge in [0.15, 0.2) is 5.11 Å². The van der Waals surface area contributed by atoms with Crippen LogP contribution in [0, 0.1) is 10.1 Å². The van der Waals surface area contributed by atoms with Gasteiger partial charge in [-0.25, -0.2) is 0 Å². The molecule has 0 aliphatic carbocycles. The van der Waals surface area contributed by atoms with Gasteiger partial charge in [0.25, 0.3) is 5.69 Å². The van der Waals surface area contributed by atoms with Crippen molar-refractivity contribution in [3.8, 4) is 0 Å². The number of nitrogens with one attached hydrogen (secondary N) is 2. The van der Waals surface area contributed by atoms with Crippen LogP contribution in [-0.4, -0.2) is 16.6 Å². The number of benzene rings is 2. The molecule has 0 saturated carbocycles. The van der Waals surface area contributed by atoms with Gasteiger partial charge in [0.05, 0.1) is 4.92 Å². The molecule has 0 amide bonds. The van der Waals surface area contributed by atoms with Crippen molar-refractivity contribution in [1.29, 1.82) is 0 Å². The Bertz CT molecular complexity index is 723. The van der Waals surface area contributed by atoms with Gasteiger partial charge < -0.3 is 10.6 Å². The maximum Gasteiger partial charge on any atom is 0.269 e. The third kappa shape index (κ3) is 5.35. The van der Waals surface area contributed by atoms with E-state index in [1.165, 1.54) is 12.1 Å². The number of nitro benzene ring substituents is 1. The smallest absolute Gasteiger partial charge is 0.269 e. The van der Waals surface area contributed by atoms with Crippen molar-refractivity contribution in [1.82, 2.24) is 5.32 Å². The Hall–Kier alpha value is -1.89. The Morgan fingerprint density at radius 3 is 2.48 bits per heavy atom. The van der Waals surface area contributed by atoms with Gasteiger partial charge in [-0.05, 0) is 48.5 Å². The van der Waals surface area contributed by atoms with Crippen LogP contribution in [0.15, 0.2) is 42.5 Å². The molecule has 0 aliphatic rings. The third-order valence-electron chi connectivity index (χ3n) is 3.03. The molecule has 0 aromatic heterocycles. The van der Waals surface area contributed by atoms with Crippen molar-refractivity contribution in [3.63, 3.8) is 0 Å². The highest BCUT2D eigenvalue weighted by Gasteiger charge is 2.05. The number of nitrogens with zero attached hydrogens (tertiary/aromatic N) is 1. The van der Waals surface area contributed by atoms with E-state index >= 15 is 0 Å². The molecule has 0 atom stereocenters. The molecule has 0 bridgehead atoms. The lowest BCUT2D eigenvalue weighted by Gasteiger charge is -2.11. The Kier molecular flexibility index (Phi) is 6.15. The number of nitro groups is 1. The standard InChI is InChI=1S/C15H13Cl2N3O2S/c16-11-2-1-10(14(17)9-11)7-8-18-15(23)19-12-3-5-13(6-4-12)20(21)22/h1-6,9H,7-8H2,(H2,18,19,23). The molecule has 120 valence electrons.